The van der Waals surface area contributed by atoms with Crippen molar-refractivity contribution in [3.05, 3.63) is 83.7 Å². The summed E-state index contributed by atoms with van der Waals surface area (Å²) >= 11 is 0. The van der Waals surface area contributed by atoms with E-state index in [0.29, 0.717) is 10.5 Å². The molecule has 0 unspecified atom stereocenters. The number of benzene rings is 2. The van der Waals surface area contributed by atoms with Gasteiger partial charge in [0.2, 0.25) is 6.41 Å². The summed E-state index contributed by atoms with van der Waals surface area (Å²) in [7, 11) is 4.87. The summed E-state index contributed by atoms with van der Waals surface area (Å²) in [6, 6.07) is 16.6. The number of carboxylic acid groups (broad SMARTS) is 1. The van der Waals surface area contributed by atoms with Gasteiger partial charge in [0.05, 0.1) is 32.8 Å². The molecule has 0 fully saturated rings. The molecule has 2 aromatic carbocycles. The van der Waals surface area contributed by atoms with Crippen LogP contribution in [0.25, 0.3) is 0 Å². The molecule has 35 heavy (non-hydrogen) atoms. The first-order valence-electron chi connectivity index (χ1n) is 10.7. The summed E-state index contributed by atoms with van der Waals surface area (Å²) in [5.41, 5.74) is 1.34. The van der Waals surface area contributed by atoms with Crippen LogP contribution in [0.2, 0.25) is 0 Å². The van der Waals surface area contributed by atoms with Crippen molar-refractivity contribution in [3.63, 3.8) is 0 Å². The molecule has 2 rings (SSSR count). The molecule has 0 heterocycles. The van der Waals surface area contributed by atoms with Crippen LogP contribution in [0, 0.1) is 0 Å². The minimum Gasteiger partial charge on any atom is -0.544 e. The van der Waals surface area contributed by atoms with E-state index < -0.39 is 24.2 Å². The molecule has 0 radical (unpaired) electrons. The predicted octanol–water partition coefficient (Wildman–Crippen LogP) is 1.76. The minimum absolute atomic E-state index is 0.00703. The summed E-state index contributed by atoms with van der Waals surface area (Å²) in [5, 5.41) is 14.1. The lowest BCUT2D eigenvalue weighted by Gasteiger charge is -2.36. The van der Waals surface area contributed by atoms with E-state index in [-0.39, 0.29) is 36.2 Å². The molecular weight excluding hydrogens is 454 g/mol. The number of nitrogens with zero attached hydrogens (tertiary/aromatic N) is 2. The molecule has 0 aliphatic carbocycles. The van der Waals surface area contributed by atoms with Gasteiger partial charge in [-0.15, -0.1) is 0 Å². The average Bonchev–Trinajstić information content (AvgIpc) is 2.83. The molecule has 0 aliphatic heterocycles. The van der Waals surface area contributed by atoms with E-state index in [0.717, 1.165) is 11.8 Å². The number of amides is 3. The molecule has 1 N–H and O–H groups in total. The van der Waals surface area contributed by atoms with E-state index in [2.05, 4.69) is 5.32 Å². The highest BCUT2D eigenvalue weighted by Crippen LogP contribution is 2.18. The Kier molecular flexibility index (Phi) is 9.98. The second-order valence-corrected chi connectivity index (χ2v) is 8.51. The van der Waals surface area contributed by atoms with E-state index in [1.165, 1.54) is 0 Å². The van der Waals surface area contributed by atoms with Crippen molar-refractivity contribution in [2.24, 2.45) is 0 Å². The first-order chi connectivity index (χ1) is 16.6. The Morgan fingerprint density at radius 3 is 1.91 bits per heavy atom. The van der Waals surface area contributed by atoms with Crippen LogP contribution in [0.15, 0.2) is 72.6 Å². The Hall–Kier alpha value is -4.18. The van der Waals surface area contributed by atoms with Crippen LogP contribution in [0.5, 0.6) is 0 Å². The Labute approximate surface area is 203 Å². The molecule has 3 amide bonds. The fraction of sp³-hybridized carbons (Fsp3) is 0.280. The number of aliphatic carboxylic acids is 1. The third-order valence-corrected chi connectivity index (χ3v) is 5.00. The van der Waals surface area contributed by atoms with E-state index in [4.69, 9.17) is 9.47 Å². The van der Waals surface area contributed by atoms with Gasteiger partial charge < -0.3 is 23.9 Å². The first-order valence-corrected chi connectivity index (χ1v) is 10.7. The van der Waals surface area contributed by atoms with Gasteiger partial charge in [0.15, 0.2) is 0 Å². The average molecular weight is 484 g/mol. The largest absolute Gasteiger partial charge is 0.544 e. The van der Waals surface area contributed by atoms with Crippen molar-refractivity contribution in [2.45, 2.75) is 25.7 Å². The highest BCUT2D eigenvalue weighted by Gasteiger charge is 2.30. The van der Waals surface area contributed by atoms with Gasteiger partial charge in [-0.3, -0.25) is 10.1 Å². The van der Waals surface area contributed by atoms with E-state index in [1.807, 2.05) is 6.07 Å². The zero-order valence-corrected chi connectivity index (χ0v) is 19.9. The summed E-state index contributed by atoms with van der Waals surface area (Å²) in [4.78, 5) is 49.1. The number of quaternary nitrogens is 1. The number of alkyl carbamates (subject to hydrolysis) is 1. The molecule has 0 saturated carbocycles. The van der Waals surface area contributed by atoms with Gasteiger partial charge in [0.1, 0.15) is 19.3 Å². The fourth-order valence-electron chi connectivity index (χ4n) is 3.02. The third-order valence-electron chi connectivity index (χ3n) is 5.00. The summed E-state index contributed by atoms with van der Waals surface area (Å²) < 4.78 is 10.3. The summed E-state index contributed by atoms with van der Waals surface area (Å²) in [6.07, 6.45) is -0.961. The topological polar surface area (TPSA) is 125 Å². The maximum Gasteiger partial charge on any atom is 0.421 e. The summed E-state index contributed by atoms with van der Waals surface area (Å²) in [5.74, 6) is -1.39. The van der Waals surface area contributed by atoms with Crippen molar-refractivity contribution in [1.29, 1.82) is 0 Å². The molecule has 0 aromatic heterocycles. The lowest BCUT2D eigenvalue weighted by molar-refractivity contribution is -0.889. The Morgan fingerprint density at radius 2 is 1.46 bits per heavy atom. The van der Waals surface area contributed by atoms with E-state index in [9.17, 15) is 24.3 Å². The Morgan fingerprint density at radius 1 is 0.943 bits per heavy atom. The number of carbonyl (C=O) groups is 4. The van der Waals surface area contributed by atoms with Gasteiger partial charge in [-0.05, 0) is 11.1 Å². The van der Waals surface area contributed by atoms with Gasteiger partial charge >= 0.3 is 12.2 Å². The number of nitrogens with one attached hydrogen (secondary N) is 1. The first kappa shape index (κ1) is 27.1. The van der Waals surface area contributed by atoms with Crippen LogP contribution in [-0.2, 0) is 32.3 Å². The number of ether oxygens (including phenoxy) is 2. The lowest BCUT2D eigenvalue weighted by Crippen LogP contribution is -2.55. The van der Waals surface area contributed by atoms with Crippen molar-refractivity contribution < 1.29 is 38.2 Å². The van der Waals surface area contributed by atoms with Crippen LogP contribution in [0.3, 0.4) is 0 Å². The molecule has 2 aromatic rings. The molecular formula is C25H29N3O7. The number of hydrogen-bond donors (Lipinski definition) is 1. The van der Waals surface area contributed by atoms with Crippen molar-refractivity contribution >= 4 is 24.6 Å². The number of imide groups is 1. The monoisotopic (exact) mass is 483 g/mol. The highest BCUT2D eigenvalue weighted by molar-refractivity contribution is 5.83. The number of carboxylic acids is 1. The van der Waals surface area contributed by atoms with Crippen LogP contribution in [0.1, 0.15) is 17.5 Å². The molecule has 10 nitrogen and oxygen atoms in total. The normalized spacial score (nSPS) is 12.3. The smallest absolute Gasteiger partial charge is 0.421 e. The van der Waals surface area contributed by atoms with Crippen molar-refractivity contribution in [1.82, 2.24) is 10.2 Å². The number of hydrogen-bond acceptors (Lipinski definition) is 7. The zero-order valence-electron chi connectivity index (χ0n) is 19.9. The number of rotatable bonds is 11. The van der Waals surface area contributed by atoms with E-state index >= 15 is 0 Å². The van der Waals surface area contributed by atoms with Crippen LogP contribution in [-0.4, -0.2) is 61.1 Å². The third kappa shape index (κ3) is 8.94. The second kappa shape index (κ2) is 12.9. The Bertz CT molecular complexity index is 1030. The fourth-order valence-corrected chi connectivity index (χ4v) is 3.02. The molecule has 186 valence electrons. The molecule has 0 aliphatic rings. The van der Waals surface area contributed by atoms with E-state index in [1.54, 1.807) is 75.7 Å². The molecule has 0 spiro atoms. The summed E-state index contributed by atoms with van der Waals surface area (Å²) in [6.45, 7) is -0.115. The van der Waals surface area contributed by atoms with Gasteiger partial charge in [0, 0.05) is 12.6 Å². The highest BCUT2D eigenvalue weighted by atomic mass is 16.6. The quantitative estimate of drug-likeness (QED) is 0.381. The van der Waals surface area contributed by atoms with Crippen LogP contribution >= 0.6 is 0 Å². The van der Waals surface area contributed by atoms with Crippen molar-refractivity contribution in [3.8, 4) is 0 Å². The SMILES string of the molecule is C[N+](C)(C)[C@@H](C/C(=C/NC(=O)OCc1ccccc1)N(C=O)C(=O)OCc1ccccc1)C(=O)[O-]. The van der Waals surface area contributed by atoms with Gasteiger partial charge in [-0.25, -0.2) is 14.5 Å². The van der Waals surface area contributed by atoms with Gasteiger partial charge in [0.25, 0.3) is 0 Å². The van der Waals surface area contributed by atoms with Crippen LogP contribution < -0.4 is 10.4 Å². The lowest BCUT2D eigenvalue weighted by atomic mass is 10.1. The van der Waals surface area contributed by atoms with Gasteiger partial charge in [-0.2, -0.15) is 0 Å². The second-order valence-electron chi connectivity index (χ2n) is 8.51. The molecule has 0 bridgehead atoms. The maximum absolute atomic E-state index is 12.7. The molecule has 1 atom stereocenters. The number of carbonyl (C=O) groups excluding carboxylic acids is 4. The zero-order chi connectivity index (χ0) is 25.8. The Balaban J connectivity index is 2.19. The minimum atomic E-state index is -1.39. The van der Waals surface area contributed by atoms with Crippen molar-refractivity contribution in [2.75, 3.05) is 21.1 Å². The molecule has 10 heteroatoms. The van der Waals surface area contributed by atoms with Crippen LogP contribution in [0.4, 0.5) is 9.59 Å². The van der Waals surface area contributed by atoms with Gasteiger partial charge in [-0.1, -0.05) is 60.7 Å². The number of likely N-dealkylation sites (N-methyl/N-ethyl adjacent to an activating group) is 1. The predicted molar refractivity (Wildman–Crippen MR) is 124 cm³/mol. The maximum atomic E-state index is 12.7. The molecule has 0 saturated heterocycles. The standard InChI is InChI=1S/C25H29N3O7/c1-28(2,3)22(23(30)31)14-21(15-26-24(32)34-16-19-10-6-4-7-11-19)27(18-29)25(33)35-17-20-12-8-5-9-13-20/h4-13,15,18,22H,14,16-17H2,1-3H3,(H-,26,30,31,32)/b21-15-/t22-/m0/s1.